The van der Waals surface area contributed by atoms with E-state index < -0.39 is 5.91 Å². The van der Waals surface area contributed by atoms with Crippen molar-refractivity contribution in [1.82, 2.24) is 0 Å². The summed E-state index contributed by atoms with van der Waals surface area (Å²) in [7, 11) is 0. The van der Waals surface area contributed by atoms with Gasteiger partial charge in [-0.15, -0.1) is 0 Å². The van der Waals surface area contributed by atoms with E-state index in [0.29, 0.717) is 35.1 Å². The molecule has 0 saturated carbocycles. The van der Waals surface area contributed by atoms with Crippen molar-refractivity contribution >= 4 is 17.7 Å². The van der Waals surface area contributed by atoms with Crippen LogP contribution in [0.15, 0.2) is 48.0 Å². The molecule has 126 valence electrons. The van der Waals surface area contributed by atoms with Gasteiger partial charge in [0.2, 0.25) is 6.79 Å². The smallest absolute Gasteiger partial charge is 0.266 e. The zero-order chi connectivity index (χ0) is 17.6. The number of anilines is 1. The van der Waals surface area contributed by atoms with Crippen molar-refractivity contribution in [3.63, 3.8) is 0 Å². The Kier molecular flexibility index (Phi) is 4.86. The number of nitrogens with zero attached hydrogens (tertiary/aromatic N) is 1. The number of carbonyl (C=O) groups is 1. The highest BCUT2D eigenvalue weighted by Crippen LogP contribution is 2.33. The van der Waals surface area contributed by atoms with Gasteiger partial charge in [-0.25, -0.2) is 0 Å². The molecule has 0 bridgehead atoms. The van der Waals surface area contributed by atoms with E-state index in [1.807, 2.05) is 13.0 Å². The van der Waals surface area contributed by atoms with Gasteiger partial charge in [0.1, 0.15) is 17.4 Å². The van der Waals surface area contributed by atoms with E-state index in [4.69, 9.17) is 14.2 Å². The standard InChI is InChI=1S/C19H16N2O4/c1-2-23-16-5-3-4-15(10-16)21-19(22)14(11-20)8-13-6-7-17-18(9-13)25-12-24-17/h3-10H,2,12H2,1H3,(H,21,22)/b14-8-. The highest BCUT2D eigenvalue weighted by Gasteiger charge is 2.14. The minimum Gasteiger partial charge on any atom is -0.494 e. The predicted molar refractivity (Wildman–Crippen MR) is 92.4 cm³/mol. The van der Waals surface area contributed by atoms with Gasteiger partial charge in [-0.05, 0) is 42.8 Å². The number of amides is 1. The number of fused-ring (bicyclic) bond motifs is 1. The number of carbonyl (C=O) groups excluding carboxylic acids is 1. The van der Waals surface area contributed by atoms with E-state index in [1.54, 1.807) is 42.5 Å². The molecule has 0 atom stereocenters. The quantitative estimate of drug-likeness (QED) is 0.669. The summed E-state index contributed by atoms with van der Waals surface area (Å²) in [6.07, 6.45) is 1.50. The van der Waals surface area contributed by atoms with Crippen LogP contribution in [-0.2, 0) is 4.79 Å². The molecule has 3 rings (SSSR count). The van der Waals surface area contributed by atoms with Crippen LogP contribution in [0, 0.1) is 11.3 Å². The average Bonchev–Trinajstić information content (AvgIpc) is 3.08. The third kappa shape index (κ3) is 3.90. The lowest BCUT2D eigenvalue weighted by Crippen LogP contribution is -2.13. The summed E-state index contributed by atoms with van der Waals surface area (Å²) in [5, 5.41) is 12.0. The maximum absolute atomic E-state index is 12.4. The highest BCUT2D eigenvalue weighted by molar-refractivity contribution is 6.09. The van der Waals surface area contributed by atoms with Gasteiger partial charge < -0.3 is 19.5 Å². The molecule has 1 heterocycles. The normalized spacial score (nSPS) is 12.4. The highest BCUT2D eigenvalue weighted by atomic mass is 16.7. The molecule has 1 aliphatic heterocycles. The maximum Gasteiger partial charge on any atom is 0.266 e. The Balaban J connectivity index is 1.77. The lowest BCUT2D eigenvalue weighted by Gasteiger charge is -2.07. The Labute approximate surface area is 145 Å². The maximum atomic E-state index is 12.4. The summed E-state index contributed by atoms with van der Waals surface area (Å²) in [4.78, 5) is 12.4. The fourth-order valence-corrected chi connectivity index (χ4v) is 2.35. The summed E-state index contributed by atoms with van der Waals surface area (Å²) >= 11 is 0. The van der Waals surface area contributed by atoms with Gasteiger partial charge >= 0.3 is 0 Å². The van der Waals surface area contributed by atoms with Crippen LogP contribution >= 0.6 is 0 Å². The first-order valence-corrected chi connectivity index (χ1v) is 7.75. The number of nitriles is 1. The fourth-order valence-electron chi connectivity index (χ4n) is 2.35. The molecule has 1 aliphatic rings. The van der Waals surface area contributed by atoms with Crippen LogP contribution < -0.4 is 19.5 Å². The molecule has 0 aliphatic carbocycles. The first-order valence-electron chi connectivity index (χ1n) is 7.75. The summed E-state index contributed by atoms with van der Waals surface area (Å²) in [6.45, 7) is 2.59. The molecule has 0 radical (unpaired) electrons. The monoisotopic (exact) mass is 336 g/mol. The Bertz CT molecular complexity index is 868. The van der Waals surface area contributed by atoms with E-state index in [1.165, 1.54) is 6.08 Å². The van der Waals surface area contributed by atoms with Crippen LogP contribution in [0.5, 0.6) is 17.2 Å². The Hall–Kier alpha value is -3.46. The van der Waals surface area contributed by atoms with Crippen molar-refractivity contribution in [1.29, 1.82) is 5.26 Å². The topological polar surface area (TPSA) is 80.6 Å². The van der Waals surface area contributed by atoms with Crippen LogP contribution in [0.3, 0.4) is 0 Å². The number of hydrogen-bond acceptors (Lipinski definition) is 5. The lowest BCUT2D eigenvalue weighted by atomic mass is 10.1. The molecule has 0 fully saturated rings. The van der Waals surface area contributed by atoms with Crippen LogP contribution in [0.25, 0.3) is 6.08 Å². The Morgan fingerprint density at radius 2 is 2.12 bits per heavy atom. The van der Waals surface area contributed by atoms with Crippen molar-refractivity contribution in [2.75, 3.05) is 18.7 Å². The summed E-state index contributed by atoms with van der Waals surface area (Å²) < 4.78 is 15.9. The number of ether oxygens (including phenoxy) is 3. The van der Waals surface area contributed by atoms with Gasteiger partial charge in [0, 0.05) is 11.8 Å². The minimum absolute atomic E-state index is 0.0133. The molecule has 0 unspecified atom stereocenters. The summed E-state index contributed by atoms with van der Waals surface area (Å²) in [6, 6.07) is 14.2. The van der Waals surface area contributed by atoms with Gasteiger partial charge in [0.25, 0.3) is 5.91 Å². The molecule has 2 aromatic carbocycles. The van der Waals surface area contributed by atoms with Crippen molar-refractivity contribution in [3.8, 4) is 23.3 Å². The third-order valence-electron chi connectivity index (χ3n) is 3.48. The van der Waals surface area contributed by atoms with E-state index in [2.05, 4.69) is 5.32 Å². The van der Waals surface area contributed by atoms with Crippen LogP contribution in [0.4, 0.5) is 5.69 Å². The SMILES string of the molecule is CCOc1cccc(NC(=O)/C(C#N)=C\c2ccc3c(c2)OCO3)c1. The van der Waals surface area contributed by atoms with Crippen molar-refractivity contribution in [3.05, 3.63) is 53.6 Å². The second kappa shape index (κ2) is 7.41. The summed E-state index contributed by atoms with van der Waals surface area (Å²) in [5.41, 5.74) is 1.22. The first kappa shape index (κ1) is 16.4. The number of benzene rings is 2. The molecule has 1 amide bonds. The van der Waals surface area contributed by atoms with Gasteiger partial charge in [0.15, 0.2) is 11.5 Å². The second-order valence-electron chi connectivity index (χ2n) is 5.20. The van der Waals surface area contributed by atoms with Crippen LogP contribution in [0.2, 0.25) is 0 Å². The molecule has 6 heteroatoms. The number of nitrogens with one attached hydrogen (secondary N) is 1. The summed E-state index contributed by atoms with van der Waals surface area (Å²) in [5.74, 6) is 1.40. The molecule has 0 saturated heterocycles. The zero-order valence-corrected chi connectivity index (χ0v) is 13.6. The average molecular weight is 336 g/mol. The van der Waals surface area contributed by atoms with E-state index in [0.717, 1.165) is 0 Å². The van der Waals surface area contributed by atoms with Gasteiger partial charge in [-0.1, -0.05) is 12.1 Å². The first-order chi connectivity index (χ1) is 12.2. The molecule has 25 heavy (non-hydrogen) atoms. The van der Waals surface area contributed by atoms with Crippen molar-refractivity contribution in [2.45, 2.75) is 6.92 Å². The number of hydrogen-bond donors (Lipinski definition) is 1. The second-order valence-corrected chi connectivity index (χ2v) is 5.20. The fraction of sp³-hybridized carbons (Fsp3) is 0.158. The molecular weight excluding hydrogens is 320 g/mol. The van der Waals surface area contributed by atoms with E-state index in [-0.39, 0.29) is 12.4 Å². The van der Waals surface area contributed by atoms with Crippen LogP contribution in [-0.4, -0.2) is 19.3 Å². The van der Waals surface area contributed by atoms with Crippen LogP contribution in [0.1, 0.15) is 12.5 Å². The molecule has 2 aromatic rings. The molecule has 1 N–H and O–H groups in total. The largest absolute Gasteiger partial charge is 0.494 e. The third-order valence-corrected chi connectivity index (χ3v) is 3.48. The minimum atomic E-state index is -0.492. The number of rotatable bonds is 5. The van der Waals surface area contributed by atoms with E-state index >= 15 is 0 Å². The van der Waals surface area contributed by atoms with Crippen molar-refractivity contribution in [2.24, 2.45) is 0 Å². The van der Waals surface area contributed by atoms with E-state index in [9.17, 15) is 10.1 Å². The molecular formula is C19H16N2O4. The zero-order valence-electron chi connectivity index (χ0n) is 13.6. The van der Waals surface area contributed by atoms with Gasteiger partial charge in [-0.3, -0.25) is 4.79 Å². The molecule has 6 nitrogen and oxygen atoms in total. The Morgan fingerprint density at radius 3 is 2.92 bits per heavy atom. The predicted octanol–water partition coefficient (Wildman–Crippen LogP) is 3.36. The van der Waals surface area contributed by atoms with Gasteiger partial charge in [0.05, 0.1) is 6.61 Å². The van der Waals surface area contributed by atoms with Crippen molar-refractivity contribution < 1.29 is 19.0 Å². The van der Waals surface area contributed by atoms with Gasteiger partial charge in [-0.2, -0.15) is 5.26 Å². The molecule has 0 aromatic heterocycles. The lowest BCUT2D eigenvalue weighted by molar-refractivity contribution is -0.112. The molecule has 0 spiro atoms. The Morgan fingerprint density at radius 1 is 1.28 bits per heavy atom.